The Bertz CT molecular complexity index is 915. The molecule has 3 aromatic rings. The maximum absolute atomic E-state index is 4.99. The molecule has 0 spiro atoms. The summed E-state index contributed by atoms with van der Waals surface area (Å²) in [7, 11) is 0. The first-order chi connectivity index (χ1) is 14.3. The molecule has 3 heterocycles. The molecule has 152 valence electrons. The molecule has 2 atom stereocenters. The van der Waals surface area contributed by atoms with Gasteiger partial charge in [0.2, 0.25) is 0 Å². The zero-order valence-corrected chi connectivity index (χ0v) is 17.1. The van der Waals surface area contributed by atoms with Crippen LogP contribution in [0, 0.1) is 5.92 Å². The number of hydrogen-bond donors (Lipinski definition) is 1. The monoisotopic (exact) mass is 391 g/mol. The maximum atomic E-state index is 4.99. The largest absolute Gasteiger partial charge is 0.357 e. The van der Waals surface area contributed by atoms with Crippen molar-refractivity contribution in [3.8, 4) is 5.69 Å². The summed E-state index contributed by atoms with van der Waals surface area (Å²) in [5.74, 6) is 1.59. The van der Waals surface area contributed by atoms with Crippen molar-refractivity contribution in [1.29, 1.82) is 0 Å². The highest BCUT2D eigenvalue weighted by molar-refractivity contribution is 5.80. The minimum atomic E-state index is 0.411. The van der Waals surface area contributed by atoms with Gasteiger partial charge in [0.1, 0.15) is 0 Å². The number of likely N-dealkylation sites (tertiary alicyclic amines) is 1. The standard InChI is InChI=1S/C22H29N7/c1-3-25-22(27-11-8-18(2)21(15-27)29-13-10-24-17-29)26-14-19-6-4-5-7-20(19)28-12-9-23-16-28/h4-7,9-10,12-13,16-18,21H,3,8,11,14-15H2,1-2H3,(H,25,26). The van der Waals surface area contributed by atoms with Gasteiger partial charge in [-0.15, -0.1) is 0 Å². The Morgan fingerprint density at radius 1 is 1.17 bits per heavy atom. The molecular formula is C22H29N7. The van der Waals surface area contributed by atoms with Gasteiger partial charge in [0.15, 0.2) is 5.96 Å². The molecule has 0 radical (unpaired) electrons. The molecule has 1 aliphatic rings. The van der Waals surface area contributed by atoms with Crippen molar-refractivity contribution in [2.45, 2.75) is 32.9 Å². The smallest absolute Gasteiger partial charge is 0.194 e. The van der Waals surface area contributed by atoms with Gasteiger partial charge >= 0.3 is 0 Å². The van der Waals surface area contributed by atoms with Crippen molar-refractivity contribution in [3.05, 3.63) is 67.3 Å². The predicted octanol–water partition coefficient (Wildman–Crippen LogP) is 3.12. The van der Waals surface area contributed by atoms with Crippen molar-refractivity contribution in [3.63, 3.8) is 0 Å². The zero-order chi connectivity index (χ0) is 20.1. The number of guanidine groups is 1. The van der Waals surface area contributed by atoms with E-state index in [1.54, 1.807) is 6.20 Å². The topological polar surface area (TPSA) is 63.3 Å². The number of aromatic nitrogens is 4. The lowest BCUT2D eigenvalue weighted by Crippen LogP contribution is -2.49. The summed E-state index contributed by atoms with van der Waals surface area (Å²) in [6.07, 6.45) is 12.6. The molecule has 4 rings (SSSR count). The number of imidazole rings is 2. The minimum absolute atomic E-state index is 0.411. The van der Waals surface area contributed by atoms with Crippen molar-refractivity contribution in [2.24, 2.45) is 10.9 Å². The Kier molecular flexibility index (Phi) is 5.93. The second kappa shape index (κ2) is 8.94. The predicted molar refractivity (Wildman–Crippen MR) is 115 cm³/mol. The van der Waals surface area contributed by atoms with E-state index in [-0.39, 0.29) is 0 Å². The Morgan fingerprint density at radius 2 is 2.00 bits per heavy atom. The Labute approximate surface area is 172 Å². The number of aliphatic imine (C=N–C) groups is 1. The summed E-state index contributed by atoms with van der Waals surface area (Å²) in [5.41, 5.74) is 2.30. The quantitative estimate of drug-likeness (QED) is 0.536. The molecule has 2 unspecified atom stereocenters. The van der Waals surface area contributed by atoms with E-state index in [0.29, 0.717) is 18.5 Å². The molecule has 29 heavy (non-hydrogen) atoms. The average molecular weight is 392 g/mol. The van der Waals surface area contributed by atoms with Gasteiger partial charge < -0.3 is 19.4 Å². The van der Waals surface area contributed by atoms with Crippen molar-refractivity contribution < 1.29 is 0 Å². The molecule has 1 N–H and O–H groups in total. The third-order valence-electron chi connectivity index (χ3n) is 5.63. The lowest BCUT2D eigenvalue weighted by Gasteiger charge is -2.39. The van der Waals surface area contributed by atoms with Gasteiger partial charge in [-0.05, 0) is 30.9 Å². The molecule has 2 aromatic heterocycles. The molecule has 1 fully saturated rings. The average Bonchev–Trinajstić information content (AvgIpc) is 3.46. The van der Waals surface area contributed by atoms with Crippen LogP contribution in [0.25, 0.3) is 5.69 Å². The van der Waals surface area contributed by atoms with Gasteiger partial charge in [-0.1, -0.05) is 25.1 Å². The summed E-state index contributed by atoms with van der Waals surface area (Å²) >= 11 is 0. The van der Waals surface area contributed by atoms with E-state index in [1.807, 2.05) is 29.6 Å². The van der Waals surface area contributed by atoms with Gasteiger partial charge in [0, 0.05) is 44.4 Å². The summed E-state index contributed by atoms with van der Waals surface area (Å²) < 4.78 is 4.27. The molecule has 7 heteroatoms. The maximum Gasteiger partial charge on any atom is 0.194 e. The molecule has 7 nitrogen and oxygen atoms in total. The number of piperidine rings is 1. The van der Waals surface area contributed by atoms with Crippen LogP contribution in [0.15, 0.2) is 66.7 Å². The summed E-state index contributed by atoms with van der Waals surface area (Å²) in [5, 5.41) is 3.49. The minimum Gasteiger partial charge on any atom is -0.357 e. The number of nitrogens with zero attached hydrogens (tertiary/aromatic N) is 6. The first-order valence-electron chi connectivity index (χ1n) is 10.3. The van der Waals surface area contributed by atoms with Gasteiger partial charge in [-0.25, -0.2) is 15.0 Å². The fourth-order valence-corrected chi connectivity index (χ4v) is 3.98. The first kappa shape index (κ1) is 19.2. The molecule has 0 bridgehead atoms. The highest BCUT2D eigenvalue weighted by Gasteiger charge is 2.28. The number of benzene rings is 1. The van der Waals surface area contributed by atoms with Gasteiger partial charge in [0.05, 0.1) is 30.9 Å². The highest BCUT2D eigenvalue weighted by Crippen LogP contribution is 2.27. The summed E-state index contributed by atoms with van der Waals surface area (Å²) in [4.78, 5) is 15.8. The SMILES string of the molecule is CCNC(=NCc1ccccc1-n1ccnc1)N1CCC(C)C(n2ccnc2)C1. The van der Waals surface area contributed by atoms with Crippen LogP contribution in [0.4, 0.5) is 0 Å². The Hall–Kier alpha value is -3.09. The van der Waals surface area contributed by atoms with Crippen molar-refractivity contribution >= 4 is 5.96 Å². The van der Waals surface area contributed by atoms with Crippen LogP contribution in [0.5, 0.6) is 0 Å². The van der Waals surface area contributed by atoms with Gasteiger partial charge in [-0.3, -0.25) is 0 Å². The van der Waals surface area contributed by atoms with Crippen LogP contribution in [0.2, 0.25) is 0 Å². The third kappa shape index (κ3) is 4.34. The van der Waals surface area contributed by atoms with Crippen molar-refractivity contribution in [2.75, 3.05) is 19.6 Å². The van der Waals surface area contributed by atoms with E-state index in [0.717, 1.165) is 37.7 Å². The number of rotatable bonds is 5. The lowest BCUT2D eigenvalue weighted by molar-refractivity contribution is 0.189. The van der Waals surface area contributed by atoms with E-state index in [1.165, 1.54) is 5.56 Å². The highest BCUT2D eigenvalue weighted by atomic mass is 15.3. The van der Waals surface area contributed by atoms with E-state index in [4.69, 9.17) is 4.99 Å². The number of hydrogen-bond acceptors (Lipinski definition) is 3. The van der Waals surface area contributed by atoms with Crippen LogP contribution in [0.3, 0.4) is 0 Å². The molecule has 1 aromatic carbocycles. The first-order valence-corrected chi connectivity index (χ1v) is 10.3. The normalized spacial score (nSPS) is 20.1. The van der Waals surface area contributed by atoms with E-state index in [2.05, 4.69) is 69.1 Å². The van der Waals surface area contributed by atoms with Gasteiger partial charge in [0.25, 0.3) is 0 Å². The van der Waals surface area contributed by atoms with Crippen LogP contribution in [-0.4, -0.2) is 49.6 Å². The van der Waals surface area contributed by atoms with Crippen LogP contribution >= 0.6 is 0 Å². The van der Waals surface area contributed by atoms with E-state index >= 15 is 0 Å². The van der Waals surface area contributed by atoms with Crippen LogP contribution in [-0.2, 0) is 6.54 Å². The van der Waals surface area contributed by atoms with Crippen molar-refractivity contribution in [1.82, 2.24) is 29.3 Å². The fraction of sp³-hybridized carbons (Fsp3) is 0.409. The second-order valence-corrected chi connectivity index (χ2v) is 7.56. The molecular weight excluding hydrogens is 362 g/mol. The molecule has 0 saturated carbocycles. The third-order valence-corrected chi connectivity index (χ3v) is 5.63. The van der Waals surface area contributed by atoms with E-state index < -0.39 is 0 Å². The summed E-state index contributed by atoms with van der Waals surface area (Å²) in [6, 6.07) is 8.77. The molecule has 1 saturated heterocycles. The molecule has 0 amide bonds. The number of para-hydroxylation sites is 1. The number of nitrogens with one attached hydrogen (secondary N) is 1. The van der Waals surface area contributed by atoms with E-state index in [9.17, 15) is 0 Å². The fourth-order valence-electron chi connectivity index (χ4n) is 3.98. The summed E-state index contributed by atoms with van der Waals surface area (Å²) in [6.45, 7) is 7.87. The Morgan fingerprint density at radius 3 is 2.76 bits per heavy atom. The molecule has 0 aliphatic carbocycles. The van der Waals surface area contributed by atoms with Crippen LogP contribution < -0.4 is 5.32 Å². The van der Waals surface area contributed by atoms with Crippen LogP contribution in [0.1, 0.15) is 31.9 Å². The second-order valence-electron chi connectivity index (χ2n) is 7.56. The van der Waals surface area contributed by atoms with Gasteiger partial charge in [-0.2, -0.15) is 0 Å². The Balaban J connectivity index is 1.54. The zero-order valence-electron chi connectivity index (χ0n) is 17.1. The lowest BCUT2D eigenvalue weighted by atomic mass is 9.93. The molecule has 1 aliphatic heterocycles.